The number of aromatic nitrogens is 2. The SMILES string of the molecule is CSc1ccc(N2CCN(C(=O)OCc3ccccc3)CC2)nn1. The van der Waals surface area contributed by atoms with Crippen molar-refractivity contribution in [2.24, 2.45) is 0 Å². The van der Waals surface area contributed by atoms with Crippen LogP contribution in [0, 0.1) is 0 Å². The standard InChI is InChI=1S/C17H20N4O2S/c1-24-16-8-7-15(18-19-16)20-9-11-21(12-10-20)17(22)23-13-14-5-3-2-4-6-14/h2-8H,9-13H2,1H3. The molecule has 1 saturated heterocycles. The van der Waals surface area contributed by atoms with Crippen LogP contribution in [0.4, 0.5) is 10.6 Å². The van der Waals surface area contributed by atoms with Crippen LogP contribution in [0.3, 0.4) is 0 Å². The average molecular weight is 344 g/mol. The van der Waals surface area contributed by atoms with E-state index in [-0.39, 0.29) is 6.09 Å². The fourth-order valence-electron chi connectivity index (χ4n) is 2.52. The number of ether oxygens (including phenoxy) is 1. The lowest BCUT2D eigenvalue weighted by molar-refractivity contribution is 0.0941. The number of rotatable bonds is 4. The predicted octanol–water partition coefficient (Wildman–Crippen LogP) is 2.66. The molecule has 0 saturated carbocycles. The molecule has 1 aliphatic heterocycles. The number of nitrogens with zero attached hydrogens (tertiary/aromatic N) is 4. The van der Waals surface area contributed by atoms with Crippen molar-refractivity contribution < 1.29 is 9.53 Å². The number of anilines is 1. The highest BCUT2D eigenvalue weighted by Gasteiger charge is 2.23. The summed E-state index contributed by atoms with van der Waals surface area (Å²) in [5.41, 5.74) is 0.994. The highest BCUT2D eigenvalue weighted by Crippen LogP contribution is 2.16. The molecule has 3 rings (SSSR count). The molecule has 0 unspecified atom stereocenters. The average Bonchev–Trinajstić information content (AvgIpc) is 2.67. The van der Waals surface area contributed by atoms with E-state index in [9.17, 15) is 4.79 Å². The predicted molar refractivity (Wildman–Crippen MR) is 94.2 cm³/mol. The van der Waals surface area contributed by atoms with Crippen molar-refractivity contribution in [2.45, 2.75) is 11.6 Å². The number of carbonyl (C=O) groups is 1. The maximum atomic E-state index is 12.2. The van der Waals surface area contributed by atoms with Crippen LogP contribution >= 0.6 is 11.8 Å². The van der Waals surface area contributed by atoms with Gasteiger partial charge in [0, 0.05) is 26.2 Å². The smallest absolute Gasteiger partial charge is 0.410 e. The molecule has 126 valence electrons. The lowest BCUT2D eigenvalue weighted by Gasteiger charge is -2.34. The van der Waals surface area contributed by atoms with Crippen molar-refractivity contribution in [3.8, 4) is 0 Å². The molecule has 0 radical (unpaired) electrons. The van der Waals surface area contributed by atoms with Crippen LogP contribution in [0.1, 0.15) is 5.56 Å². The number of amides is 1. The van der Waals surface area contributed by atoms with Gasteiger partial charge in [0.2, 0.25) is 0 Å². The fourth-order valence-corrected chi connectivity index (χ4v) is 2.85. The van der Waals surface area contributed by atoms with Crippen LogP contribution in [0.5, 0.6) is 0 Å². The van der Waals surface area contributed by atoms with E-state index in [1.807, 2.05) is 48.7 Å². The Morgan fingerprint density at radius 2 is 1.83 bits per heavy atom. The Hall–Kier alpha value is -2.28. The first-order valence-corrected chi connectivity index (χ1v) is 9.07. The molecule has 1 aromatic heterocycles. The molecule has 1 fully saturated rings. The molecule has 0 N–H and O–H groups in total. The van der Waals surface area contributed by atoms with E-state index in [2.05, 4.69) is 15.1 Å². The molecule has 1 aromatic carbocycles. The monoisotopic (exact) mass is 344 g/mol. The highest BCUT2D eigenvalue weighted by molar-refractivity contribution is 7.98. The Kier molecular flexibility index (Phi) is 5.53. The lowest BCUT2D eigenvalue weighted by atomic mass is 10.2. The third kappa shape index (κ3) is 4.17. The number of benzene rings is 1. The third-order valence-electron chi connectivity index (χ3n) is 3.90. The minimum absolute atomic E-state index is 0.262. The zero-order valence-corrected chi connectivity index (χ0v) is 14.4. The van der Waals surface area contributed by atoms with Crippen molar-refractivity contribution in [2.75, 3.05) is 37.3 Å². The molecule has 7 heteroatoms. The number of piperazine rings is 1. The van der Waals surface area contributed by atoms with Crippen LogP contribution in [0.25, 0.3) is 0 Å². The van der Waals surface area contributed by atoms with Gasteiger partial charge in [-0.2, -0.15) is 0 Å². The topological polar surface area (TPSA) is 58.6 Å². The van der Waals surface area contributed by atoms with E-state index >= 15 is 0 Å². The van der Waals surface area contributed by atoms with E-state index < -0.39 is 0 Å². The molecule has 0 aliphatic carbocycles. The second-order valence-electron chi connectivity index (χ2n) is 5.45. The summed E-state index contributed by atoms with van der Waals surface area (Å²) in [6.45, 7) is 3.02. The summed E-state index contributed by atoms with van der Waals surface area (Å²) < 4.78 is 5.38. The summed E-state index contributed by atoms with van der Waals surface area (Å²) in [6.07, 6.45) is 1.71. The van der Waals surface area contributed by atoms with E-state index in [0.29, 0.717) is 19.7 Å². The largest absolute Gasteiger partial charge is 0.445 e. The molecule has 1 aliphatic rings. The van der Waals surface area contributed by atoms with Crippen LogP contribution in [-0.2, 0) is 11.3 Å². The van der Waals surface area contributed by atoms with E-state index in [1.54, 1.807) is 16.7 Å². The molecule has 6 nitrogen and oxygen atoms in total. The number of carbonyl (C=O) groups excluding carboxylic acids is 1. The molecule has 2 heterocycles. The van der Waals surface area contributed by atoms with Crippen LogP contribution in [-0.4, -0.2) is 53.6 Å². The van der Waals surface area contributed by atoms with Gasteiger partial charge >= 0.3 is 6.09 Å². The highest BCUT2D eigenvalue weighted by atomic mass is 32.2. The lowest BCUT2D eigenvalue weighted by Crippen LogP contribution is -2.49. The van der Waals surface area contributed by atoms with Gasteiger partial charge in [-0.15, -0.1) is 22.0 Å². The van der Waals surface area contributed by atoms with Crippen molar-refractivity contribution >= 4 is 23.7 Å². The van der Waals surface area contributed by atoms with Gasteiger partial charge in [-0.05, 0) is 24.0 Å². The minimum Gasteiger partial charge on any atom is -0.445 e. The molecule has 0 atom stereocenters. The number of thioether (sulfide) groups is 1. The summed E-state index contributed by atoms with van der Waals surface area (Å²) in [5.74, 6) is 0.852. The van der Waals surface area contributed by atoms with Crippen LogP contribution < -0.4 is 4.90 Å². The van der Waals surface area contributed by atoms with Crippen molar-refractivity contribution in [1.82, 2.24) is 15.1 Å². The summed E-state index contributed by atoms with van der Waals surface area (Å²) >= 11 is 1.57. The first kappa shape index (κ1) is 16.6. The summed E-state index contributed by atoms with van der Waals surface area (Å²) in [4.78, 5) is 16.0. The molecular formula is C17H20N4O2S. The van der Waals surface area contributed by atoms with Gasteiger partial charge in [-0.25, -0.2) is 4.79 Å². The maximum absolute atomic E-state index is 12.2. The first-order chi connectivity index (χ1) is 11.8. The number of hydrogen-bond donors (Lipinski definition) is 0. The zero-order valence-electron chi connectivity index (χ0n) is 13.6. The van der Waals surface area contributed by atoms with Crippen LogP contribution in [0.2, 0.25) is 0 Å². The molecule has 0 bridgehead atoms. The quantitative estimate of drug-likeness (QED) is 0.795. The molecule has 24 heavy (non-hydrogen) atoms. The summed E-state index contributed by atoms with van der Waals surface area (Å²) in [5, 5.41) is 9.30. The van der Waals surface area contributed by atoms with Gasteiger partial charge in [0.15, 0.2) is 5.82 Å². The number of hydrogen-bond acceptors (Lipinski definition) is 6. The second-order valence-corrected chi connectivity index (χ2v) is 6.27. The Bertz CT molecular complexity index is 658. The van der Waals surface area contributed by atoms with Gasteiger partial charge in [-0.3, -0.25) is 0 Å². The van der Waals surface area contributed by atoms with Gasteiger partial charge in [0.25, 0.3) is 0 Å². The Labute approximate surface area is 145 Å². The van der Waals surface area contributed by atoms with E-state index in [4.69, 9.17) is 4.74 Å². The summed E-state index contributed by atoms with van der Waals surface area (Å²) in [6, 6.07) is 13.6. The van der Waals surface area contributed by atoms with Gasteiger partial charge in [-0.1, -0.05) is 30.3 Å². The fraction of sp³-hybridized carbons (Fsp3) is 0.353. The third-order valence-corrected chi connectivity index (χ3v) is 4.54. The van der Waals surface area contributed by atoms with Crippen molar-refractivity contribution in [3.05, 3.63) is 48.0 Å². The normalized spacial score (nSPS) is 14.5. The Balaban J connectivity index is 1.48. The van der Waals surface area contributed by atoms with Crippen molar-refractivity contribution in [1.29, 1.82) is 0 Å². The van der Waals surface area contributed by atoms with Gasteiger partial charge in [0.05, 0.1) is 0 Å². The van der Waals surface area contributed by atoms with E-state index in [0.717, 1.165) is 29.5 Å². The minimum atomic E-state index is -0.262. The molecule has 2 aromatic rings. The molecule has 1 amide bonds. The van der Waals surface area contributed by atoms with Crippen molar-refractivity contribution in [3.63, 3.8) is 0 Å². The maximum Gasteiger partial charge on any atom is 0.410 e. The Morgan fingerprint density at radius 3 is 2.46 bits per heavy atom. The van der Waals surface area contributed by atoms with Gasteiger partial charge < -0.3 is 14.5 Å². The second kappa shape index (κ2) is 8.01. The molecular weight excluding hydrogens is 324 g/mol. The zero-order chi connectivity index (χ0) is 16.8. The summed E-state index contributed by atoms with van der Waals surface area (Å²) in [7, 11) is 0. The Morgan fingerprint density at radius 1 is 1.08 bits per heavy atom. The van der Waals surface area contributed by atoms with Crippen LogP contribution in [0.15, 0.2) is 47.5 Å². The molecule has 0 spiro atoms. The van der Waals surface area contributed by atoms with E-state index in [1.165, 1.54) is 0 Å². The first-order valence-electron chi connectivity index (χ1n) is 7.84. The van der Waals surface area contributed by atoms with Gasteiger partial charge in [0.1, 0.15) is 11.6 Å².